The van der Waals surface area contributed by atoms with E-state index in [1.165, 1.54) is 49.4 Å². The van der Waals surface area contributed by atoms with Crippen molar-refractivity contribution in [3.05, 3.63) is 54.2 Å². The number of benzene rings is 2. The van der Waals surface area contributed by atoms with Crippen LogP contribution in [-0.4, -0.2) is 84.0 Å². The van der Waals surface area contributed by atoms with Crippen molar-refractivity contribution in [1.82, 2.24) is 19.2 Å². The summed E-state index contributed by atoms with van der Waals surface area (Å²) < 4.78 is 123. The number of azo groups is 1. The van der Waals surface area contributed by atoms with Gasteiger partial charge in [-0.15, -0.1) is 5.11 Å². The Morgan fingerprint density at radius 2 is 1.37 bits per heavy atom. The molecular formula is C20H24N6O13S4. The highest BCUT2D eigenvalue weighted by Gasteiger charge is 2.19. The number of aromatic nitrogens is 2. The number of hydrogen-bond acceptors (Lipinski definition) is 14. The molecule has 0 spiro atoms. The molecule has 1 aromatic heterocycles. The van der Waals surface area contributed by atoms with E-state index in [0.717, 1.165) is 10.9 Å². The minimum absolute atomic E-state index is 0.0661. The van der Waals surface area contributed by atoms with Crippen LogP contribution in [0.4, 0.5) is 11.4 Å². The fourth-order valence-electron chi connectivity index (χ4n) is 3.22. The summed E-state index contributed by atoms with van der Waals surface area (Å²) in [5.41, 5.74) is 0.490. The summed E-state index contributed by atoms with van der Waals surface area (Å²) in [5, 5.41) is 22.3. The first-order valence-electron chi connectivity index (χ1n) is 11.5. The molecule has 43 heavy (non-hydrogen) atoms. The van der Waals surface area contributed by atoms with Gasteiger partial charge in [-0.1, -0.05) is 6.07 Å². The van der Waals surface area contributed by atoms with Crippen LogP contribution in [0.3, 0.4) is 0 Å². The van der Waals surface area contributed by atoms with E-state index in [0.29, 0.717) is 5.56 Å². The highest BCUT2D eigenvalue weighted by atomic mass is 32.3. The molecule has 0 unspecified atom stereocenters. The molecule has 23 heteroatoms. The number of aryl methyl sites for hydroxylation is 1. The molecule has 236 valence electrons. The summed E-state index contributed by atoms with van der Waals surface area (Å²) in [5.74, 6) is -0.486. The fourth-order valence-corrected chi connectivity index (χ4v) is 6.09. The Kier molecular flexibility index (Phi) is 10.7. The van der Waals surface area contributed by atoms with E-state index < -0.39 is 73.0 Å². The molecule has 3 aromatic rings. The van der Waals surface area contributed by atoms with Crippen molar-refractivity contribution in [3.8, 4) is 11.6 Å². The maximum Gasteiger partial charge on any atom is 0.397 e. The molecular weight excluding hydrogens is 661 g/mol. The normalized spacial score (nSPS) is 13.1. The van der Waals surface area contributed by atoms with E-state index in [4.69, 9.17) is 9.11 Å². The summed E-state index contributed by atoms with van der Waals surface area (Å²) in [7, 11) is -17.7. The van der Waals surface area contributed by atoms with E-state index in [-0.39, 0.29) is 26.9 Å². The van der Waals surface area contributed by atoms with Gasteiger partial charge in [-0.25, -0.2) is 34.6 Å². The number of rotatable bonds is 15. The van der Waals surface area contributed by atoms with Crippen LogP contribution in [0.25, 0.3) is 5.69 Å². The van der Waals surface area contributed by atoms with Gasteiger partial charge in [-0.2, -0.15) is 31.7 Å². The Bertz CT molecular complexity index is 1920. The molecule has 5 N–H and O–H groups in total. The number of nitrogens with one attached hydrogen (secondary N) is 2. The molecule has 0 aliphatic carbocycles. The van der Waals surface area contributed by atoms with Gasteiger partial charge in [0.25, 0.3) is 0 Å². The van der Waals surface area contributed by atoms with Gasteiger partial charge in [0.15, 0.2) is 5.69 Å². The molecule has 0 saturated carbocycles. The van der Waals surface area contributed by atoms with Crippen LogP contribution >= 0.6 is 0 Å². The fraction of sp³-hybridized carbons (Fsp3) is 0.250. The third kappa shape index (κ3) is 10.1. The smallest absolute Gasteiger partial charge is 0.397 e. The molecule has 0 fully saturated rings. The molecule has 0 radical (unpaired) electrons. The second-order valence-corrected chi connectivity index (χ2v) is 13.9. The monoisotopic (exact) mass is 684 g/mol. The van der Waals surface area contributed by atoms with Crippen LogP contribution in [0.15, 0.2) is 68.7 Å². The zero-order valence-electron chi connectivity index (χ0n) is 21.8. The Morgan fingerprint density at radius 3 is 1.93 bits per heavy atom. The molecule has 0 aliphatic rings. The SMILES string of the molecule is Cc1ccc(/N=N/c2cnn(-c3ccc(S(=O)(=O)NCCOS(=O)(=O)O)cc3)c2O)cc1S(=O)(=O)NCCOS(=O)(=O)O. The van der Waals surface area contributed by atoms with Gasteiger partial charge >= 0.3 is 20.8 Å². The van der Waals surface area contributed by atoms with Crippen LogP contribution in [-0.2, 0) is 49.2 Å². The Morgan fingerprint density at radius 1 is 0.814 bits per heavy atom. The number of nitrogens with zero attached hydrogens (tertiary/aromatic N) is 4. The van der Waals surface area contributed by atoms with E-state index in [9.17, 15) is 38.8 Å². The van der Waals surface area contributed by atoms with Crippen molar-refractivity contribution in [1.29, 1.82) is 0 Å². The van der Waals surface area contributed by atoms with Crippen LogP contribution in [0.5, 0.6) is 5.88 Å². The molecule has 3 rings (SSSR count). The largest absolute Gasteiger partial charge is 0.492 e. The molecule has 0 aliphatic heterocycles. The van der Waals surface area contributed by atoms with E-state index in [1.807, 2.05) is 0 Å². The molecule has 0 atom stereocenters. The number of hydrogen-bond donors (Lipinski definition) is 5. The Balaban J connectivity index is 1.71. The lowest BCUT2D eigenvalue weighted by atomic mass is 10.2. The van der Waals surface area contributed by atoms with E-state index in [1.54, 1.807) is 0 Å². The Hall–Kier alpha value is -3.39. The van der Waals surface area contributed by atoms with Gasteiger partial charge in [-0.05, 0) is 48.9 Å². The van der Waals surface area contributed by atoms with Gasteiger partial charge in [-0.3, -0.25) is 9.11 Å². The van der Waals surface area contributed by atoms with Gasteiger partial charge < -0.3 is 5.11 Å². The van der Waals surface area contributed by atoms with Crippen LogP contribution in [0, 0.1) is 6.92 Å². The zero-order valence-corrected chi connectivity index (χ0v) is 25.1. The first kappa shape index (κ1) is 34.1. The molecule has 0 saturated heterocycles. The minimum Gasteiger partial charge on any atom is -0.492 e. The number of aromatic hydroxyl groups is 1. The third-order valence-electron chi connectivity index (χ3n) is 5.10. The van der Waals surface area contributed by atoms with Crippen molar-refractivity contribution in [2.75, 3.05) is 26.3 Å². The summed E-state index contributed by atoms with van der Waals surface area (Å²) in [6.07, 6.45) is 1.14. The maximum atomic E-state index is 12.6. The quantitative estimate of drug-likeness (QED) is 0.0828. The molecule has 2 aromatic carbocycles. The first-order valence-corrected chi connectivity index (χ1v) is 17.2. The summed E-state index contributed by atoms with van der Waals surface area (Å²) in [4.78, 5) is -0.411. The predicted molar refractivity (Wildman–Crippen MR) is 146 cm³/mol. The zero-order chi connectivity index (χ0) is 32.1. The van der Waals surface area contributed by atoms with Crippen LogP contribution in [0.2, 0.25) is 0 Å². The van der Waals surface area contributed by atoms with Gasteiger partial charge in [0.1, 0.15) is 0 Å². The standard InChI is InChI=1S/C20H24N6O13S4/c1-14-2-3-15(12-19(14)41(30,31)23-9-11-39-43(35,36)37)24-25-18-13-21-26(20(18)27)16-4-6-17(7-5-16)40(28,29)22-8-10-38-42(32,33)34/h2-7,12-13,22-23,27H,8-11H2,1H3,(H,32,33,34)(H,35,36,37)/b25-24+. The highest BCUT2D eigenvalue weighted by Crippen LogP contribution is 2.31. The maximum absolute atomic E-state index is 12.6. The highest BCUT2D eigenvalue weighted by molar-refractivity contribution is 7.89. The second kappa shape index (κ2) is 13.5. The van der Waals surface area contributed by atoms with E-state index >= 15 is 0 Å². The van der Waals surface area contributed by atoms with Gasteiger partial charge in [0, 0.05) is 13.1 Å². The van der Waals surface area contributed by atoms with Crippen molar-refractivity contribution in [3.63, 3.8) is 0 Å². The topological polar surface area (TPSA) is 282 Å². The van der Waals surface area contributed by atoms with Crippen LogP contribution in [0.1, 0.15) is 5.56 Å². The average molecular weight is 685 g/mol. The summed E-state index contributed by atoms with van der Waals surface area (Å²) in [6.45, 7) is -0.694. The average Bonchev–Trinajstić information content (AvgIpc) is 3.27. The molecule has 0 bridgehead atoms. The lowest BCUT2D eigenvalue weighted by Gasteiger charge is -2.09. The lowest BCUT2D eigenvalue weighted by molar-refractivity contribution is 0.271. The third-order valence-corrected chi connectivity index (χ3v) is 9.11. The van der Waals surface area contributed by atoms with Crippen molar-refractivity contribution in [2.24, 2.45) is 10.2 Å². The van der Waals surface area contributed by atoms with Crippen molar-refractivity contribution in [2.45, 2.75) is 16.7 Å². The Labute approximate surface area is 246 Å². The molecule has 19 nitrogen and oxygen atoms in total. The lowest BCUT2D eigenvalue weighted by Crippen LogP contribution is -2.28. The van der Waals surface area contributed by atoms with Gasteiger partial charge in [0.05, 0.1) is 40.6 Å². The first-order chi connectivity index (χ1) is 19.9. The molecule has 1 heterocycles. The molecule has 0 amide bonds. The summed E-state index contributed by atoms with van der Waals surface area (Å²) in [6, 6.07) is 9.04. The summed E-state index contributed by atoms with van der Waals surface area (Å²) >= 11 is 0. The minimum atomic E-state index is -4.73. The van der Waals surface area contributed by atoms with Gasteiger partial charge in [0.2, 0.25) is 25.9 Å². The number of sulfonamides is 2. The van der Waals surface area contributed by atoms with E-state index in [2.05, 4.69) is 33.1 Å². The van der Waals surface area contributed by atoms with Crippen molar-refractivity contribution >= 4 is 52.2 Å². The predicted octanol–water partition coefficient (Wildman–Crippen LogP) is 0.497. The second-order valence-electron chi connectivity index (χ2n) is 8.20. The van der Waals surface area contributed by atoms with Crippen molar-refractivity contribution < 1.29 is 56.2 Å². The van der Waals surface area contributed by atoms with Crippen LogP contribution < -0.4 is 9.44 Å².